The predicted molar refractivity (Wildman–Crippen MR) is 87.8 cm³/mol. The third-order valence-corrected chi connectivity index (χ3v) is 6.20. The number of carbonyl (C=O) groups excluding carboxylic acids is 1. The highest BCUT2D eigenvalue weighted by atomic mass is 32.2. The normalized spacial score (nSPS) is 21.0. The molecule has 1 heterocycles. The molecule has 0 atom stereocenters. The number of rotatable bonds is 6. The molecule has 0 saturated heterocycles. The molecule has 3 nitrogen and oxygen atoms in total. The Kier molecular flexibility index (Phi) is 5.39. The van der Waals surface area contributed by atoms with Crippen LogP contribution in [0.2, 0.25) is 0 Å². The molecule has 3 rings (SSSR count). The molecule has 0 bridgehead atoms. The standard InChI is InChI=1S/C17H26N2OS/c20-16(13-21-17-8-2-1-3-9-17)12-14-10-11-19(18-14)15-6-4-5-7-15/h10-11,15,17H,1-9,12-13H2. The maximum absolute atomic E-state index is 12.1. The van der Waals surface area contributed by atoms with E-state index in [0.29, 0.717) is 24.0 Å². The minimum absolute atomic E-state index is 0.335. The summed E-state index contributed by atoms with van der Waals surface area (Å²) >= 11 is 1.87. The lowest BCUT2D eigenvalue weighted by molar-refractivity contribution is -0.116. The van der Waals surface area contributed by atoms with Crippen molar-refractivity contribution in [2.45, 2.75) is 75.5 Å². The highest BCUT2D eigenvalue weighted by Gasteiger charge is 2.19. The van der Waals surface area contributed by atoms with Crippen molar-refractivity contribution in [2.75, 3.05) is 5.75 Å². The van der Waals surface area contributed by atoms with E-state index in [0.717, 1.165) is 10.9 Å². The van der Waals surface area contributed by atoms with E-state index >= 15 is 0 Å². The monoisotopic (exact) mass is 306 g/mol. The van der Waals surface area contributed by atoms with E-state index in [4.69, 9.17) is 0 Å². The van der Waals surface area contributed by atoms with E-state index in [1.807, 2.05) is 17.8 Å². The van der Waals surface area contributed by atoms with Crippen molar-refractivity contribution in [3.63, 3.8) is 0 Å². The molecule has 0 unspecified atom stereocenters. The fraction of sp³-hybridized carbons (Fsp3) is 0.765. The number of Topliss-reactive ketones (excluding diaryl/α,β-unsaturated/α-hetero) is 1. The predicted octanol–water partition coefficient (Wildman–Crippen LogP) is 4.18. The van der Waals surface area contributed by atoms with Crippen molar-refractivity contribution in [3.8, 4) is 0 Å². The van der Waals surface area contributed by atoms with Gasteiger partial charge in [-0.2, -0.15) is 16.9 Å². The van der Waals surface area contributed by atoms with Gasteiger partial charge in [-0.25, -0.2) is 0 Å². The average molecular weight is 306 g/mol. The minimum Gasteiger partial charge on any atom is -0.298 e. The molecule has 0 radical (unpaired) electrons. The van der Waals surface area contributed by atoms with Crippen molar-refractivity contribution in [3.05, 3.63) is 18.0 Å². The fourth-order valence-electron chi connectivity index (χ4n) is 3.54. The van der Waals surface area contributed by atoms with E-state index in [-0.39, 0.29) is 0 Å². The van der Waals surface area contributed by atoms with Crippen molar-refractivity contribution < 1.29 is 4.79 Å². The Morgan fingerprint density at radius 3 is 2.62 bits per heavy atom. The van der Waals surface area contributed by atoms with Crippen molar-refractivity contribution >= 4 is 17.5 Å². The molecular formula is C17H26N2OS. The molecule has 0 N–H and O–H groups in total. The number of thioether (sulfide) groups is 1. The zero-order valence-electron chi connectivity index (χ0n) is 12.8. The molecule has 0 aromatic carbocycles. The largest absolute Gasteiger partial charge is 0.298 e. The van der Waals surface area contributed by atoms with Gasteiger partial charge in [-0.1, -0.05) is 32.1 Å². The van der Waals surface area contributed by atoms with Gasteiger partial charge in [0.2, 0.25) is 0 Å². The summed E-state index contributed by atoms with van der Waals surface area (Å²) in [4.78, 5) is 12.1. The first kappa shape index (κ1) is 15.1. The van der Waals surface area contributed by atoms with Crippen LogP contribution in [-0.2, 0) is 11.2 Å². The van der Waals surface area contributed by atoms with Crippen LogP contribution in [0.1, 0.15) is 69.5 Å². The van der Waals surface area contributed by atoms with Crippen LogP contribution in [0, 0.1) is 0 Å². The molecule has 0 aliphatic heterocycles. The first-order chi connectivity index (χ1) is 10.3. The third kappa shape index (κ3) is 4.35. The Morgan fingerprint density at radius 1 is 1.14 bits per heavy atom. The molecule has 116 valence electrons. The summed E-state index contributed by atoms with van der Waals surface area (Å²) in [6, 6.07) is 2.60. The van der Waals surface area contributed by atoms with Gasteiger partial charge in [0.05, 0.1) is 23.9 Å². The number of carbonyl (C=O) groups is 1. The summed E-state index contributed by atoms with van der Waals surface area (Å²) < 4.78 is 2.09. The van der Waals surface area contributed by atoms with Gasteiger partial charge in [0.1, 0.15) is 5.78 Å². The summed E-state index contributed by atoms with van der Waals surface area (Å²) in [5.74, 6) is 1.00. The third-order valence-electron chi connectivity index (χ3n) is 4.77. The molecule has 21 heavy (non-hydrogen) atoms. The Bertz CT molecular complexity index is 459. The van der Waals surface area contributed by atoms with E-state index in [1.165, 1.54) is 57.8 Å². The summed E-state index contributed by atoms with van der Waals surface area (Å²) in [7, 11) is 0. The average Bonchev–Trinajstić information content (AvgIpc) is 3.17. The number of hydrogen-bond donors (Lipinski definition) is 0. The molecule has 0 spiro atoms. The molecule has 4 heteroatoms. The molecule has 2 fully saturated rings. The van der Waals surface area contributed by atoms with E-state index in [9.17, 15) is 4.79 Å². The molecule has 2 aliphatic rings. The summed E-state index contributed by atoms with van der Waals surface area (Å²) in [6.45, 7) is 0. The Balaban J connectivity index is 1.43. The van der Waals surface area contributed by atoms with Crippen LogP contribution in [0.25, 0.3) is 0 Å². The number of aromatic nitrogens is 2. The summed E-state index contributed by atoms with van der Waals surface area (Å²) in [5.41, 5.74) is 0.955. The van der Waals surface area contributed by atoms with E-state index in [1.54, 1.807) is 0 Å². The van der Waals surface area contributed by atoms with Gasteiger partial charge in [-0.05, 0) is 31.7 Å². The van der Waals surface area contributed by atoms with Crippen LogP contribution in [0.15, 0.2) is 12.3 Å². The lowest BCUT2D eigenvalue weighted by atomic mass is 10.0. The van der Waals surface area contributed by atoms with Gasteiger partial charge in [-0.15, -0.1) is 0 Å². The summed E-state index contributed by atoms with van der Waals surface area (Å²) in [5, 5.41) is 5.33. The van der Waals surface area contributed by atoms with Crippen LogP contribution in [0.3, 0.4) is 0 Å². The Labute approximate surface area is 131 Å². The second kappa shape index (κ2) is 7.48. The van der Waals surface area contributed by atoms with Gasteiger partial charge in [0, 0.05) is 11.4 Å². The second-order valence-corrected chi connectivity index (χ2v) is 7.80. The SMILES string of the molecule is O=C(CSC1CCCCC1)Cc1ccn(C2CCCC2)n1. The Hall–Kier alpha value is -0.770. The number of nitrogens with zero attached hydrogens (tertiary/aromatic N) is 2. The first-order valence-corrected chi connectivity index (χ1v) is 9.53. The zero-order valence-corrected chi connectivity index (χ0v) is 13.6. The molecule has 2 aliphatic carbocycles. The highest BCUT2D eigenvalue weighted by molar-refractivity contribution is 8.00. The first-order valence-electron chi connectivity index (χ1n) is 8.48. The van der Waals surface area contributed by atoms with Crippen LogP contribution in [0.4, 0.5) is 0 Å². The van der Waals surface area contributed by atoms with Crippen LogP contribution < -0.4 is 0 Å². The lowest BCUT2D eigenvalue weighted by Crippen LogP contribution is -2.14. The minimum atomic E-state index is 0.335. The molecule has 1 aromatic rings. The van der Waals surface area contributed by atoms with Gasteiger partial charge in [0.25, 0.3) is 0 Å². The van der Waals surface area contributed by atoms with E-state index in [2.05, 4.69) is 16.0 Å². The maximum Gasteiger partial charge on any atom is 0.148 e. The zero-order chi connectivity index (χ0) is 14.5. The van der Waals surface area contributed by atoms with Crippen LogP contribution in [-0.4, -0.2) is 26.6 Å². The van der Waals surface area contributed by atoms with Gasteiger partial charge < -0.3 is 0 Å². The van der Waals surface area contributed by atoms with Crippen molar-refractivity contribution in [2.24, 2.45) is 0 Å². The molecular weight excluding hydrogens is 280 g/mol. The van der Waals surface area contributed by atoms with Gasteiger partial charge in [-0.3, -0.25) is 9.48 Å². The van der Waals surface area contributed by atoms with Crippen LogP contribution in [0.5, 0.6) is 0 Å². The Morgan fingerprint density at radius 2 is 1.86 bits per heavy atom. The van der Waals surface area contributed by atoms with Crippen molar-refractivity contribution in [1.29, 1.82) is 0 Å². The second-order valence-electron chi connectivity index (χ2n) is 6.51. The summed E-state index contributed by atoms with van der Waals surface area (Å²) in [6.07, 6.45) is 14.4. The lowest BCUT2D eigenvalue weighted by Gasteiger charge is -2.20. The maximum atomic E-state index is 12.1. The topological polar surface area (TPSA) is 34.9 Å². The fourth-order valence-corrected chi connectivity index (χ4v) is 4.73. The quantitative estimate of drug-likeness (QED) is 0.791. The molecule has 0 amide bonds. The highest BCUT2D eigenvalue weighted by Crippen LogP contribution is 2.29. The van der Waals surface area contributed by atoms with E-state index < -0.39 is 0 Å². The molecule has 1 aromatic heterocycles. The van der Waals surface area contributed by atoms with Crippen molar-refractivity contribution in [1.82, 2.24) is 9.78 Å². The smallest absolute Gasteiger partial charge is 0.148 e. The van der Waals surface area contributed by atoms with Crippen LogP contribution >= 0.6 is 11.8 Å². The number of hydrogen-bond acceptors (Lipinski definition) is 3. The van der Waals surface area contributed by atoms with Gasteiger partial charge >= 0.3 is 0 Å². The number of ketones is 1. The van der Waals surface area contributed by atoms with Gasteiger partial charge in [0.15, 0.2) is 0 Å². The molecule has 2 saturated carbocycles.